The van der Waals surface area contributed by atoms with E-state index in [1.54, 1.807) is 24.3 Å². The molecule has 0 saturated heterocycles. The molecule has 0 aliphatic carbocycles. The number of carboxylic acid groups (broad SMARTS) is 1. The molecule has 0 saturated carbocycles. The number of pyridine rings is 1. The van der Waals surface area contributed by atoms with Gasteiger partial charge in [-0.3, -0.25) is 0 Å². The van der Waals surface area contributed by atoms with Gasteiger partial charge in [-0.05, 0) is 30.3 Å². The number of nitrogens with zero attached hydrogens (tertiary/aromatic N) is 3. The predicted octanol–water partition coefficient (Wildman–Crippen LogP) is 3.80. The van der Waals surface area contributed by atoms with E-state index in [1.807, 2.05) is 0 Å². The topological polar surface area (TPSA) is 89.1 Å². The van der Waals surface area contributed by atoms with Crippen LogP contribution in [-0.4, -0.2) is 26.3 Å². The molecule has 0 radical (unpaired) electrons. The molecular weight excluding hydrogens is 329 g/mol. The number of rotatable bonds is 3. The molecule has 0 bridgehead atoms. The first-order valence-corrected chi connectivity index (χ1v) is 6.80. The van der Waals surface area contributed by atoms with E-state index in [4.69, 9.17) is 32.7 Å². The molecule has 0 aliphatic rings. The molecule has 0 atom stereocenters. The molecule has 8 heteroatoms. The molecule has 0 amide bonds. The van der Waals surface area contributed by atoms with Crippen molar-refractivity contribution in [3.05, 3.63) is 52.3 Å². The van der Waals surface area contributed by atoms with Crippen LogP contribution in [0.25, 0.3) is 22.9 Å². The van der Waals surface area contributed by atoms with Crippen molar-refractivity contribution >= 4 is 29.2 Å². The number of carbonyl (C=O) groups is 1. The highest BCUT2D eigenvalue weighted by atomic mass is 35.5. The maximum atomic E-state index is 11.0. The van der Waals surface area contributed by atoms with Gasteiger partial charge in [-0.15, -0.1) is 10.2 Å². The van der Waals surface area contributed by atoms with E-state index in [1.165, 1.54) is 12.1 Å². The Bertz CT molecular complexity index is 864. The van der Waals surface area contributed by atoms with E-state index in [2.05, 4.69) is 15.2 Å². The third-order valence-electron chi connectivity index (χ3n) is 2.83. The summed E-state index contributed by atoms with van der Waals surface area (Å²) in [5.41, 5.74) is 1.07. The summed E-state index contributed by atoms with van der Waals surface area (Å²) in [6, 6.07) is 9.36. The van der Waals surface area contributed by atoms with E-state index in [0.29, 0.717) is 11.1 Å². The van der Waals surface area contributed by atoms with Crippen molar-refractivity contribution < 1.29 is 14.3 Å². The van der Waals surface area contributed by atoms with Crippen LogP contribution in [0.15, 0.2) is 40.8 Å². The van der Waals surface area contributed by atoms with Crippen LogP contribution in [0.4, 0.5) is 0 Å². The fourth-order valence-corrected chi connectivity index (χ4v) is 2.23. The molecule has 1 aromatic carbocycles. The van der Waals surface area contributed by atoms with Gasteiger partial charge in [0.25, 0.3) is 5.89 Å². The number of benzene rings is 1. The Morgan fingerprint density at radius 2 is 1.86 bits per heavy atom. The van der Waals surface area contributed by atoms with E-state index >= 15 is 0 Å². The standard InChI is InChI=1S/C14H7Cl2N3O3/c15-10-5-4-9(11(16)17-10)13-19-18-12(22-13)7-2-1-3-8(6-7)14(20)21/h1-6H,(H,20,21). The van der Waals surface area contributed by atoms with Gasteiger partial charge in [-0.2, -0.15) is 0 Å². The summed E-state index contributed by atoms with van der Waals surface area (Å²) >= 11 is 11.7. The largest absolute Gasteiger partial charge is 0.478 e. The van der Waals surface area contributed by atoms with Gasteiger partial charge in [-0.1, -0.05) is 29.3 Å². The third kappa shape index (κ3) is 2.79. The first kappa shape index (κ1) is 14.5. The van der Waals surface area contributed by atoms with E-state index in [9.17, 15) is 4.79 Å². The van der Waals surface area contributed by atoms with Gasteiger partial charge < -0.3 is 9.52 Å². The Hall–Kier alpha value is -2.44. The molecule has 3 aromatic rings. The number of hydrogen-bond acceptors (Lipinski definition) is 5. The lowest BCUT2D eigenvalue weighted by Crippen LogP contribution is -1.95. The monoisotopic (exact) mass is 335 g/mol. The van der Waals surface area contributed by atoms with E-state index in [0.717, 1.165) is 0 Å². The summed E-state index contributed by atoms with van der Waals surface area (Å²) in [4.78, 5) is 14.9. The summed E-state index contributed by atoms with van der Waals surface area (Å²) in [6.07, 6.45) is 0. The second kappa shape index (κ2) is 5.75. The third-order valence-corrected chi connectivity index (χ3v) is 3.33. The lowest BCUT2D eigenvalue weighted by atomic mass is 10.1. The van der Waals surface area contributed by atoms with Crippen molar-refractivity contribution in [3.63, 3.8) is 0 Å². The molecule has 110 valence electrons. The first-order valence-electron chi connectivity index (χ1n) is 6.04. The molecule has 1 N–H and O–H groups in total. The Morgan fingerprint density at radius 1 is 1.09 bits per heavy atom. The highest BCUT2D eigenvalue weighted by Crippen LogP contribution is 2.29. The highest BCUT2D eigenvalue weighted by Gasteiger charge is 2.15. The minimum absolute atomic E-state index is 0.128. The van der Waals surface area contributed by atoms with Gasteiger partial charge in [0.2, 0.25) is 5.89 Å². The number of aromatic nitrogens is 3. The first-order chi connectivity index (χ1) is 10.5. The minimum atomic E-state index is -1.04. The van der Waals surface area contributed by atoms with Crippen molar-refractivity contribution in [2.75, 3.05) is 0 Å². The van der Waals surface area contributed by atoms with Gasteiger partial charge in [-0.25, -0.2) is 9.78 Å². The summed E-state index contributed by atoms with van der Waals surface area (Å²) in [5.74, 6) is -0.680. The lowest BCUT2D eigenvalue weighted by molar-refractivity contribution is 0.0697. The van der Waals surface area contributed by atoms with Gasteiger partial charge in [0.15, 0.2) is 0 Å². The van der Waals surface area contributed by atoms with Crippen molar-refractivity contribution in [1.29, 1.82) is 0 Å². The molecule has 2 heterocycles. The zero-order chi connectivity index (χ0) is 15.7. The van der Waals surface area contributed by atoms with Gasteiger partial charge in [0, 0.05) is 5.56 Å². The van der Waals surface area contributed by atoms with Crippen LogP contribution < -0.4 is 0 Å². The Balaban J connectivity index is 2.00. The van der Waals surface area contributed by atoms with Crippen molar-refractivity contribution in [3.8, 4) is 22.9 Å². The Morgan fingerprint density at radius 3 is 2.59 bits per heavy atom. The highest BCUT2D eigenvalue weighted by molar-refractivity contribution is 6.34. The zero-order valence-electron chi connectivity index (χ0n) is 10.8. The minimum Gasteiger partial charge on any atom is -0.478 e. The molecule has 3 rings (SSSR count). The molecule has 0 spiro atoms. The van der Waals surface area contributed by atoms with E-state index in [-0.39, 0.29) is 27.7 Å². The van der Waals surface area contributed by atoms with Crippen LogP contribution in [0.2, 0.25) is 10.3 Å². The lowest BCUT2D eigenvalue weighted by Gasteiger charge is -1.99. The van der Waals surface area contributed by atoms with Crippen LogP contribution in [0.5, 0.6) is 0 Å². The molecule has 0 unspecified atom stereocenters. The molecule has 6 nitrogen and oxygen atoms in total. The molecule has 2 aromatic heterocycles. The van der Waals surface area contributed by atoms with Gasteiger partial charge in [0.1, 0.15) is 10.3 Å². The number of halogens is 2. The molecule has 22 heavy (non-hydrogen) atoms. The fourth-order valence-electron chi connectivity index (χ4n) is 1.81. The van der Waals surface area contributed by atoms with Crippen molar-refractivity contribution in [2.24, 2.45) is 0 Å². The maximum absolute atomic E-state index is 11.0. The Kier molecular flexibility index (Phi) is 3.79. The van der Waals surface area contributed by atoms with E-state index < -0.39 is 5.97 Å². The molecule has 0 fully saturated rings. The van der Waals surface area contributed by atoms with Crippen LogP contribution in [0.1, 0.15) is 10.4 Å². The van der Waals surface area contributed by atoms with Crippen LogP contribution in [-0.2, 0) is 0 Å². The SMILES string of the molecule is O=C(O)c1cccc(-c2nnc(-c3ccc(Cl)nc3Cl)o2)c1. The van der Waals surface area contributed by atoms with Crippen LogP contribution in [0, 0.1) is 0 Å². The second-order valence-corrected chi connectivity index (χ2v) is 5.02. The predicted molar refractivity (Wildman–Crippen MR) is 79.9 cm³/mol. The fraction of sp³-hybridized carbons (Fsp3) is 0. The second-order valence-electron chi connectivity index (χ2n) is 4.27. The van der Waals surface area contributed by atoms with Gasteiger partial charge >= 0.3 is 5.97 Å². The van der Waals surface area contributed by atoms with Crippen molar-refractivity contribution in [2.45, 2.75) is 0 Å². The van der Waals surface area contributed by atoms with Crippen LogP contribution >= 0.6 is 23.2 Å². The maximum Gasteiger partial charge on any atom is 0.335 e. The van der Waals surface area contributed by atoms with Crippen molar-refractivity contribution in [1.82, 2.24) is 15.2 Å². The number of carboxylic acids is 1. The summed E-state index contributed by atoms with van der Waals surface area (Å²) in [5, 5.41) is 17.2. The smallest absolute Gasteiger partial charge is 0.335 e. The number of hydrogen-bond donors (Lipinski definition) is 1. The molecule has 0 aliphatic heterocycles. The number of aromatic carboxylic acids is 1. The summed E-state index contributed by atoms with van der Waals surface area (Å²) < 4.78 is 5.53. The normalized spacial score (nSPS) is 10.6. The summed E-state index contributed by atoms with van der Waals surface area (Å²) in [7, 11) is 0. The summed E-state index contributed by atoms with van der Waals surface area (Å²) in [6.45, 7) is 0. The Labute approximate surface area is 134 Å². The average Bonchev–Trinajstić information content (AvgIpc) is 2.97. The zero-order valence-corrected chi connectivity index (χ0v) is 12.3. The van der Waals surface area contributed by atoms with Crippen LogP contribution in [0.3, 0.4) is 0 Å². The molecular formula is C14H7Cl2N3O3. The average molecular weight is 336 g/mol. The van der Waals surface area contributed by atoms with Gasteiger partial charge in [0.05, 0.1) is 11.1 Å². The quantitative estimate of drug-likeness (QED) is 0.732.